The van der Waals surface area contributed by atoms with Gasteiger partial charge in [-0.05, 0) is 25.8 Å². The summed E-state index contributed by atoms with van der Waals surface area (Å²) >= 11 is 0. The van der Waals surface area contributed by atoms with E-state index >= 15 is 0 Å². The van der Waals surface area contributed by atoms with Crippen molar-refractivity contribution in [2.75, 3.05) is 0 Å². The van der Waals surface area contributed by atoms with E-state index in [1.54, 1.807) is 6.08 Å². The maximum atomic E-state index is 11.5. The van der Waals surface area contributed by atoms with Crippen LogP contribution in [0.25, 0.3) is 0 Å². The molecule has 1 rings (SSSR count). The molecule has 2 heteroatoms. The maximum Gasteiger partial charge on any atom is 0.161 e. The molecule has 0 radical (unpaired) electrons. The molecule has 0 aromatic carbocycles. The Balaban J connectivity index is 2.91. The Morgan fingerprint density at radius 3 is 2.75 bits per heavy atom. The van der Waals surface area contributed by atoms with Gasteiger partial charge in [-0.3, -0.25) is 4.79 Å². The van der Waals surface area contributed by atoms with Gasteiger partial charge in [-0.2, -0.15) is 0 Å². The molecule has 0 aromatic heterocycles. The Morgan fingerprint density at radius 1 is 1.58 bits per heavy atom. The third-order valence-corrected chi connectivity index (χ3v) is 2.35. The highest BCUT2D eigenvalue weighted by molar-refractivity contribution is 5.95. The molecule has 0 amide bonds. The van der Waals surface area contributed by atoms with Gasteiger partial charge in [0.15, 0.2) is 5.78 Å². The molecule has 0 aromatic rings. The normalized spacial score (nSPS) is 29.5. The van der Waals surface area contributed by atoms with E-state index in [0.717, 1.165) is 5.57 Å². The Hall–Kier alpha value is -0.630. The first kappa shape index (κ1) is 9.46. The highest BCUT2D eigenvalue weighted by Crippen LogP contribution is 2.30. The minimum absolute atomic E-state index is 0.136. The summed E-state index contributed by atoms with van der Waals surface area (Å²) in [5.41, 5.74) is 0.593. The van der Waals surface area contributed by atoms with Crippen LogP contribution in [-0.2, 0) is 4.79 Å². The fourth-order valence-electron chi connectivity index (χ4n) is 1.61. The molecule has 12 heavy (non-hydrogen) atoms. The predicted molar refractivity (Wildman–Crippen MR) is 47.8 cm³/mol. The summed E-state index contributed by atoms with van der Waals surface area (Å²) in [4.78, 5) is 11.5. The van der Waals surface area contributed by atoms with Gasteiger partial charge in [0.05, 0.1) is 6.10 Å². The summed E-state index contributed by atoms with van der Waals surface area (Å²) in [6.07, 6.45) is 2.51. The van der Waals surface area contributed by atoms with Gasteiger partial charge in [0.25, 0.3) is 0 Å². The van der Waals surface area contributed by atoms with Crippen molar-refractivity contribution in [3.63, 3.8) is 0 Å². The van der Waals surface area contributed by atoms with E-state index in [1.807, 2.05) is 20.8 Å². The summed E-state index contributed by atoms with van der Waals surface area (Å²) < 4.78 is 0. The van der Waals surface area contributed by atoms with E-state index in [4.69, 9.17) is 0 Å². The molecule has 68 valence electrons. The van der Waals surface area contributed by atoms with E-state index in [9.17, 15) is 9.90 Å². The number of rotatable bonds is 0. The highest BCUT2D eigenvalue weighted by Gasteiger charge is 2.31. The quantitative estimate of drug-likeness (QED) is 0.597. The van der Waals surface area contributed by atoms with Crippen LogP contribution in [0.15, 0.2) is 11.6 Å². The zero-order valence-corrected chi connectivity index (χ0v) is 7.92. The molecule has 0 heterocycles. The van der Waals surface area contributed by atoms with E-state index in [2.05, 4.69) is 0 Å². The molecule has 2 nitrogen and oxygen atoms in total. The Bertz CT molecular complexity index is 226. The van der Waals surface area contributed by atoms with Gasteiger partial charge >= 0.3 is 0 Å². The molecule has 0 aliphatic heterocycles. The highest BCUT2D eigenvalue weighted by atomic mass is 16.3. The number of aliphatic hydroxyl groups is 1. The van der Waals surface area contributed by atoms with Crippen LogP contribution >= 0.6 is 0 Å². The first-order valence-electron chi connectivity index (χ1n) is 4.31. The zero-order chi connectivity index (χ0) is 9.35. The lowest BCUT2D eigenvalue weighted by Crippen LogP contribution is -2.25. The lowest BCUT2D eigenvalue weighted by molar-refractivity contribution is -0.123. The molecule has 1 aliphatic rings. The van der Waals surface area contributed by atoms with Crippen LogP contribution in [0, 0.1) is 5.41 Å². The first-order valence-corrected chi connectivity index (χ1v) is 4.31. The molecule has 0 saturated heterocycles. The summed E-state index contributed by atoms with van der Waals surface area (Å²) in [5, 5.41) is 9.52. The zero-order valence-electron chi connectivity index (χ0n) is 7.92. The van der Waals surface area contributed by atoms with Crippen LogP contribution in [-0.4, -0.2) is 17.0 Å². The van der Waals surface area contributed by atoms with Gasteiger partial charge in [-0.25, -0.2) is 0 Å². The van der Waals surface area contributed by atoms with Gasteiger partial charge in [0, 0.05) is 5.41 Å². The second kappa shape index (κ2) is 3.02. The average Bonchev–Trinajstić information content (AvgIpc) is 1.89. The molecule has 1 N–H and O–H groups in total. The van der Waals surface area contributed by atoms with Gasteiger partial charge in [-0.15, -0.1) is 0 Å². The number of carbonyl (C=O) groups is 1. The minimum atomic E-state index is -0.392. The smallest absolute Gasteiger partial charge is 0.161 e. The fourth-order valence-corrected chi connectivity index (χ4v) is 1.61. The van der Waals surface area contributed by atoms with Crippen molar-refractivity contribution in [3.05, 3.63) is 11.6 Å². The molecular weight excluding hydrogens is 152 g/mol. The second-order valence-corrected chi connectivity index (χ2v) is 4.30. The number of allylic oxidation sites excluding steroid dienone is 1. The standard InChI is InChI=1S/C10H16O2/c1-7-4-8(11)6-10(2,3)9(12)5-7/h5,8,11H,4,6H2,1-3H3/t8-/m0/s1. The molecule has 1 atom stereocenters. The summed E-state index contributed by atoms with van der Waals surface area (Å²) in [5.74, 6) is 0.136. The van der Waals surface area contributed by atoms with E-state index < -0.39 is 5.41 Å². The molecule has 0 saturated carbocycles. The van der Waals surface area contributed by atoms with Crippen LogP contribution in [0.5, 0.6) is 0 Å². The summed E-state index contributed by atoms with van der Waals surface area (Å²) in [6, 6.07) is 0. The van der Waals surface area contributed by atoms with Crippen molar-refractivity contribution in [1.29, 1.82) is 0 Å². The van der Waals surface area contributed by atoms with Gasteiger partial charge < -0.3 is 5.11 Å². The van der Waals surface area contributed by atoms with Crippen molar-refractivity contribution in [3.8, 4) is 0 Å². The summed E-state index contributed by atoms with van der Waals surface area (Å²) in [7, 11) is 0. The second-order valence-electron chi connectivity index (χ2n) is 4.30. The maximum absolute atomic E-state index is 11.5. The first-order chi connectivity index (χ1) is 5.42. The molecular formula is C10H16O2. The molecule has 0 unspecified atom stereocenters. The molecule has 0 fully saturated rings. The van der Waals surface area contributed by atoms with E-state index in [0.29, 0.717) is 12.8 Å². The number of ketones is 1. The predicted octanol–water partition coefficient (Wildman–Crippen LogP) is 1.68. The molecule has 0 spiro atoms. The Kier molecular flexibility index (Phi) is 2.38. The van der Waals surface area contributed by atoms with Crippen LogP contribution < -0.4 is 0 Å². The monoisotopic (exact) mass is 168 g/mol. The van der Waals surface area contributed by atoms with Crippen molar-refractivity contribution in [2.24, 2.45) is 5.41 Å². The largest absolute Gasteiger partial charge is 0.393 e. The van der Waals surface area contributed by atoms with Crippen molar-refractivity contribution in [2.45, 2.75) is 39.7 Å². The molecule has 1 aliphatic carbocycles. The van der Waals surface area contributed by atoms with Gasteiger partial charge in [-0.1, -0.05) is 19.4 Å². The van der Waals surface area contributed by atoms with Gasteiger partial charge in [0.2, 0.25) is 0 Å². The Labute approximate surface area is 73.3 Å². The SMILES string of the molecule is CC1=CC(=O)C(C)(C)C[C@@H](O)C1. The van der Waals surface area contributed by atoms with Crippen LogP contribution in [0.4, 0.5) is 0 Å². The van der Waals surface area contributed by atoms with Crippen LogP contribution in [0.3, 0.4) is 0 Å². The number of hydrogen-bond acceptors (Lipinski definition) is 2. The number of hydrogen-bond donors (Lipinski definition) is 1. The lowest BCUT2D eigenvalue weighted by Gasteiger charge is -2.21. The van der Waals surface area contributed by atoms with Crippen molar-refractivity contribution < 1.29 is 9.90 Å². The lowest BCUT2D eigenvalue weighted by atomic mass is 9.83. The third-order valence-electron chi connectivity index (χ3n) is 2.35. The average molecular weight is 168 g/mol. The number of carbonyl (C=O) groups excluding carboxylic acids is 1. The van der Waals surface area contributed by atoms with E-state index in [-0.39, 0.29) is 11.9 Å². The summed E-state index contributed by atoms with van der Waals surface area (Å²) in [6.45, 7) is 5.66. The number of aliphatic hydroxyl groups excluding tert-OH is 1. The third kappa shape index (κ3) is 1.95. The van der Waals surface area contributed by atoms with Crippen LogP contribution in [0.1, 0.15) is 33.6 Å². The minimum Gasteiger partial charge on any atom is -0.393 e. The van der Waals surface area contributed by atoms with Crippen molar-refractivity contribution in [1.82, 2.24) is 0 Å². The van der Waals surface area contributed by atoms with E-state index in [1.165, 1.54) is 0 Å². The molecule has 0 bridgehead atoms. The van der Waals surface area contributed by atoms with Gasteiger partial charge in [0.1, 0.15) is 0 Å². The topological polar surface area (TPSA) is 37.3 Å². The van der Waals surface area contributed by atoms with Crippen molar-refractivity contribution >= 4 is 5.78 Å². The fraction of sp³-hybridized carbons (Fsp3) is 0.700. The van der Waals surface area contributed by atoms with Crippen LogP contribution in [0.2, 0.25) is 0 Å². The Morgan fingerprint density at radius 2 is 2.17 bits per heavy atom.